The molecule has 0 aliphatic carbocycles. The Hall–Kier alpha value is -2.15. The first-order valence-electron chi connectivity index (χ1n) is 8.28. The van der Waals surface area contributed by atoms with Crippen molar-refractivity contribution in [1.82, 2.24) is 15.3 Å². The normalized spacial score (nSPS) is 15.3. The molecular weight excluding hydrogens is 322 g/mol. The number of nitrogens with one attached hydrogen (secondary N) is 2. The summed E-state index contributed by atoms with van der Waals surface area (Å²) in [6, 6.07) is 5.78. The van der Waals surface area contributed by atoms with E-state index in [1.807, 2.05) is 25.1 Å². The molecule has 3 heterocycles. The zero-order chi connectivity index (χ0) is 16.9. The molecule has 0 unspecified atom stereocenters. The van der Waals surface area contributed by atoms with Crippen LogP contribution in [0.25, 0.3) is 0 Å². The zero-order valence-electron chi connectivity index (χ0n) is 14.1. The molecule has 0 radical (unpaired) electrons. The van der Waals surface area contributed by atoms with E-state index in [0.29, 0.717) is 17.6 Å². The average Bonchev–Trinajstić information content (AvgIpc) is 3.06. The predicted octanol–water partition coefficient (Wildman–Crippen LogP) is 3.10. The highest BCUT2D eigenvalue weighted by molar-refractivity contribution is 7.80. The van der Waals surface area contributed by atoms with E-state index in [1.54, 1.807) is 6.26 Å². The van der Waals surface area contributed by atoms with Crippen LogP contribution in [0.15, 0.2) is 28.9 Å². The maximum absolute atomic E-state index is 5.31. The lowest BCUT2D eigenvalue weighted by atomic mass is 9.99. The molecule has 1 fully saturated rings. The van der Waals surface area contributed by atoms with Crippen LogP contribution in [0.4, 0.5) is 11.8 Å². The number of nitrogens with zero attached hydrogens (tertiary/aromatic N) is 3. The SMILES string of the molecule is Cc1cc(N2CCC(C)CC2)nc(NC(=S)NCc2ccco2)n1. The third-order valence-corrected chi connectivity index (χ3v) is 4.42. The molecule has 3 rings (SSSR count). The Kier molecular flexibility index (Phi) is 5.30. The number of rotatable bonds is 4. The molecule has 0 saturated carbocycles. The van der Waals surface area contributed by atoms with Crippen LogP contribution in [0, 0.1) is 12.8 Å². The van der Waals surface area contributed by atoms with Crippen LogP contribution in [0.2, 0.25) is 0 Å². The van der Waals surface area contributed by atoms with Gasteiger partial charge in [0.1, 0.15) is 11.6 Å². The minimum atomic E-state index is 0.482. The van der Waals surface area contributed by atoms with Crippen molar-refractivity contribution in [3.8, 4) is 0 Å². The van der Waals surface area contributed by atoms with Crippen molar-refractivity contribution in [3.05, 3.63) is 35.9 Å². The van der Waals surface area contributed by atoms with Gasteiger partial charge in [-0.25, -0.2) is 4.98 Å². The zero-order valence-corrected chi connectivity index (χ0v) is 14.9. The number of aryl methyl sites for hydroxylation is 1. The fourth-order valence-corrected chi connectivity index (χ4v) is 2.90. The van der Waals surface area contributed by atoms with Gasteiger partial charge in [-0.3, -0.25) is 0 Å². The second kappa shape index (κ2) is 7.61. The molecule has 6 nitrogen and oxygen atoms in total. The van der Waals surface area contributed by atoms with Crippen molar-refractivity contribution in [2.75, 3.05) is 23.3 Å². The molecule has 1 saturated heterocycles. The average molecular weight is 345 g/mol. The van der Waals surface area contributed by atoms with Crippen LogP contribution >= 0.6 is 12.2 Å². The van der Waals surface area contributed by atoms with Crippen LogP contribution in [-0.4, -0.2) is 28.2 Å². The van der Waals surface area contributed by atoms with Gasteiger partial charge >= 0.3 is 0 Å². The van der Waals surface area contributed by atoms with Crippen LogP contribution in [0.1, 0.15) is 31.2 Å². The molecule has 0 aromatic carbocycles. The van der Waals surface area contributed by atoms with E-state index in [-0.39, 0.29) is 0 Å². The van der Waals surface area contributed by atoms with Gasteiger partial charge in [0.2, 0.25) is 5.95 Å². The fraction of sp³-hybridized carbons (Fsp3) is 0.471. The molecule has 2 aromatic rings. The van der Waals surface area contributed by atoms with E-state index in [0.717, 1.165) is 36.3 Å². The summed E-state index contributed by atoms with van der Waals surface area (Å²) in [5.41, 5.74) is 0.926. The third kappa shape index (κ3) is 4.44. The summed E-state index contributed by atoms with van der Waals surface area (Å²) in [6.45, 7) is 6.89. The lowest BCUT2D eigenvalue weighted by Crippen LogP contribution is -2.34. The Labute approximate surface area is 147 Å². The molecule has 2 N–H and O–H groups in total. The lowest BCUT2D eigenvalue weighted by molar-refractivity contribution is 0.436. The monoisotopic (exact) mass is 345 g/mol. The van der Waals surface area contributed by atoms with Crippen LogP contribution in [-0.2, 0) is 6.54 Å². The molecule has 0 amide bonds. The highest BCUT2D eigenvalue weighted by Gasteiger charge is 2.18. The van der Waals surface area contributed by atoms with Crippen molar-refractivity contribution in [2.45, 2.75) is 33.2 Å². The first-order valence-corrected chi connectivity index (χ1v) is 8.69. The number of hydrogen-bond donors (Lipinski definition) is 2. The molecular formula is C17H23N5OS. The standard InChI is InChI=1S/C17H23N5OS/c1-12-5-7-22(8-6-12)15-10-13(2)19-16(20-15)21-17(24)18-11-14-4-3-9-23-14/h3-4,9-10,12H,5-8,11H2,1-2H3,(H2,18,19,20,21,24). The summed E-state index contributed by atoms with van der Waals surface area (Å²) in [5, 5.41) is 6.64. The van der Waals surface area contributed by atoms with E-state index in [4.69, 9.17) is 16.6 Å². The molecule has 0 spiro atoms. The summed E-state index contributed by atoms with van der Waals surface area (Å²) in [5.74, 6) is 3.11. The second-order valence-corrected chi connectivity index (χ2v) is 6.66. The van der Waals surface area contributed by atoms with Crippen LogP contribution in [0.3, 0.4) is 0 Å². The Bertz CT molecular complexity index is 680. The van der Waals surface area contributed by atoms with Crippen LogP contribution in [0.5, 0.6) is 0 Å². The smallest absolute Gasteiger partial charge is 0.231 e. The molecule has 2 aromatic heterocycles. The first kappa shape index (κ1) is 16.7. The topological polar surface area (TPSA) is 66.2 Å². The molecule has 128 valence electrons. The highest BCUT2D eigenvalue weighted by Crippen LogP contribution is 2.22. The summed E-state index contributed by atoms with van der Waals surface area (Å²) in [4.78, 5) is 11.4. The highest BCUT2D eigenvalue weighted by atomic mass is 32.1. The molecule has 24 heavy (non-hydrogen) atoms. The van der Waals surface area contributed by atoms with E-state index < -0.39 is 0 Å². The molecule has 1 aliphatic heterocycles. The largest absolute Gasteiger partial charge is 0.467 e. The number of aromatic nitrogens is 2. The van der Waals surface area contributed by atoms with Gasteiger partial charge in [-0.05, 0) is 50.0 Å². The number of thiocarbonyl (C=S) groups is 1. The van der Waals surface area contributed by atoms with E-state index >= 15 is 0 Å². The van der Waals surface area contributed by atoms with Gasteiger partial charge in [-0.15, -0.1) is 0 Å². The molecule has 1 aliphatic rings. The number of piperidine rings is 1. The minimum absolute atomic E-state index is 0.482. The Balaban J connectivity index is 1.61. The third-order valence-electron chi connectivity index (χ3n) is 4.18. The summed E-state index contributed by atoms with van der Waals surface area (Å²) >= 11 is 5.31. The first-order chi connectivity index (χ1) is 11.6. The number of hydrogen-bond acceptors (Lipinski definition) is 5. The Morgan fingerprint density at radius 2 is 2.17 bits per heavy atom. The van der Waals surface area contributed by atoms with Gasteiger partial charge in [0.05, 0.1) is 12.8 Å². The van der Waals surface area contributed by atoms with Gasteiger partial charge in [0.25, 0.3) is 0 Å². The van der Waals surface area contributed by atoms with Crippen molar-refractivity contribution >= 4 is 29.1 Å². The van der Waals surface area contributed by atoms with Gasteiger partial charge in [-0.1, -0.05) is 6.92 Å². The lowest BCUT2D eigenvalue weighted by Gasteiger charge is -2.31. The number of furan rings is 1. The summed E-state index contributed by atoms with van der Waals surface area (Å²) in [7, 11) is 0. The van der Waals surface area contributed by atoms with E-state index in [9.17, 15) is 0 Å². The van der Waals surface area contributed by atoms with Gasteiger partial charge < -0.3 is 20.0 Å². The van der Waals surface area contributed by atoms with Crippen molar-refractivity contribution in [3.63, 3.8) is 0 Å². The summed E-state index contributed by atoms with van der Waals surface area (Å²) < 4.78 is 5.27. The second-order valence-electron chi connectivity index (χ2n) is 6.25. The molecule has 7 heteroatoms. The quantitative estimate of drug-likeness (QED) is 0.825. The van der Waals surface area contributed by atoms with E-state index in [2.05, 4.69) is 32.4 Å². The van der Waals surface area contributed by atoms with Crippen molar-refractivity contribution < 1.29 is 4.42 Å². The van der Waals surface area contributed by atoms with Crippen molar-refractivity contribution in [1.29, 1.82) is 0 Å². The molecule has 0 bridgehead atoms. The Morgan fingerprint density at radius 1 is 1.38 bits per heavy atom. The minimum Gasteiger partial charge on any atom is -0.467 e. The predicted molar refractivity (Wildman–Crippen MR) is 99.1 cm³/mol. The molecule has 0 atom stereocenters. The van der Waals surface area contributed by atoms with Gasteiger partial charge in [0, 0.05) is 24.8 Å². The summed E-state index contributed by atoms with van der Waals surface area (Å²) in [6.07, 6.45) is 4.05. The van der Waals surface area contributed by atoms with Crippen molar-refractivity contribution in [2.24, 2.45) is 5.92 Å². The maximum atomic E-state index is 5.31. The maximum Gasteiger partial charge on any atom is 0.231 e. The Morgan fingerprint density at radius 3 is 2.88 bits per heavy atom. The van der Waals surface area contributed by atoms with E-state index in [1.165, 1.54) is 12.8 Å². The van der Waals surface area contributed by atoms with Gasteiger partial charge in [0.15, 0.2) is 5.11 Å². The number of anilines is 2. The fourth-order valence-electron chi connectivity index (χ4n) is 2.73. The van der Waals surface area contributed by atoms with Crippen LogP contribution < -0.4 is 15.5 Å². The van der Waals surface area contributed by atoms with Gasteiger partial charge in [-0.2, -0.15) is 4.98 Å².